The number of nitriles is 1. The van der Waals surface area contributed by atoms with Crippen molar-refractivity contribution < 1.29 is 14.6 Å². The lowest BCUT2D eigenvalue weighted by Gasteiger charge is -2.15. The molecule has 1 aliphatic heterocycles. The number of anilines is 1. The van der Waals surface area contributed by atoms with Crippen molar-refractivity contribution in [2.24, 2.45) is 0 Å². The van der Waals surface area contributed by atoms with Gasteiger partial charge in [0, 0.05) is 17.6 Å². The van der Waals surface area contributed by atoms with Crippen molar-refractivity contribution in [2.75, 3.05) is 31.7 Å². The van der Waals surface area contributed by atoms with E-state index in [9.17, 15) is 5.11 Å². The molecule has 2 rings (SSSR count). The van der Waals surface area contributed by atoms with Crippen molar-refractivity contribution in [3.63, 3.8) is 0 Å². The number of aliphatic hydroxyl groups excluding tert-OH is 1. The van der Waals surface area contributed by atoms with E-state index in [1.54, 1.807) is 6.07 Å². The molecule has 1 aromatic rings. The van der Waals surface area contributed by atoms with Gasteiger partial charge in [-0.15, -0.1) is 0 Å². The maximum absolute atomic E-state index is 9.88. The molecule has 21 heavy (non-hydrogen) atoms. The summed E-state index contributed by atoms with van der Waals surface area (Å²) in [5.74, 6) is 0. The zero-order chi connectivity index (χ0) is 15.1. The van der Waals surface area contributed by atoms with Crippen LogP contribution in [0.3, 0.4) is 0 Å². The summed E-state index contributed by atoms with van der Waals surface area (Å²) in [6, 6.07) is 7.52. The van der Waals surface area contributed by atoms with Gasteiger partial charge >= 0.3 is 0 Å². The summed E-state index contributed by atoms with van der Waals surface area (Å²) in [7, 11) is 0. The van der Waals surface area contributed by atoms with Gasteiger partial charge in [0.2, 0.25) is 0 Å². The van der Waals surface area contributed by atoms with Crippen molar-refractivity contribution in [2.45, 2.75) is 25.0 Å². The largest absolute Gasteiger partial charge is 0.389 e. The maximum atomic E-state index is 9.88. The van der Waals surface area contributed by atoms with Crippen molar-refractivity contribution >= 4 is 21.6 Å². The van der Waals surface area contributed by atoms with Crippen LogP contribution in [-0.4, -0.2) is 43.7 Å². The highest BCUT2D eigenvalue weighted by Gasteiger charge is 2.16. The minimum Gasteiger partial charge on any atom is -0.389 e. The molecule has 0 radical (unpaired) electrons. The number of benzene rings is 1. The molecule has 5 nitrogen and oxygen atoms in total. The van der Waals surface area contributed by atoms with Gasteiger partial charge in [0.05, 0.1) is 36.7 Å². The van der Waals surface area contributed by atoms with E-state index in [0.29, 0.717) is 24.4 Å². The van der Waals surface area contributed by atoms with Crippen molar-refractivity contribution in [1.82, 2.24) is 0 Å². The van der Waals surface area contributed by atoms with Crippen LogP contribution in [0, 0.1) is 11.3 Å². The molecule has 2 atom stereocenters. The maximum Gasteiger partial charge on any atom is 0.101 e. The molecular formula is C15H19BrN2O3. The van der Waals surface area contributed by atoms with Crippen LogP contribution < -0.4 is 5.32 Å². The first-order valence-corrected chi connectivity index (χ1v) is 7.79. The average Bonchev–Trinajstić information content (AvgIpc) is 2.99. The van der Waals surface area contributed by atoms with Crippen molar-refractivity contribution in [3.05, 3.63) is 28.2 Å². The van der Waals surface area contributed by atoms with Crippen molar-refractivity contribution in [1.29, 1.82) is 5.26 Å². The third kappa shape index (κ3) is 5.29. The lowest BCUT2D eigenvalue weighted by Crippen LogP contribution is -2.27. The molecule has 0 aromatic heterocycles. The summed E-state index contributed by atoms with van der Waals surface area (Å²) in [5.41, 5.74) is 1.25. The Morgan fingerprint density at radius 2 is 2.43 bits per heavy atom. The number of nitrogens with zero attached hydrogens (tertiary/aromatic N) is 1. The van der Waals surface area contributed by atoms with Gasteiger partial charge in [-0.1, -0.05) is 15.9 Å². The zero-order valence-electron chi connectivity index (χ0n) is 11.7. The van der Waals surface area contributed by atoms with E-state index in [0.717, 1.165) is 23.9 Å². The van der Waals surface area contributed by atoms with E-state index in [2.05, 4.69) is 27.3 Å². The third-order valence-electron chi connectivity index (χ3n) is 3.27. The van der Waals surface area contributed by atoms with Crippen molar-refractivity contribution in [3.8, 4) is 6.07 Å². The number of aliphatic hydroxyl groups is 1. The van der Waals surface area contributed by atoms with E-state index in [1.165, 1.54) is 0 Å². The first-order chi connectivity index (χ1) is 10.2. The van der Waals surface area contributed by atoms with Gasteiger partial charge in [-0.25, -0.2) is 0 Å². The quantitative estimate of drug-likeness (QED) is 0.785. The summed E-state index contributed by atoms with van der Waals surface area (Å²) >= 11 is 3.32. The Morgan fingerprint density at radius 3 is 3.14 bits per heavy atom. The van der Waals surface area contributed by atoms with Gasteiger partial charge in [-0.05, 0) is 31.0 Å². The van der Waals surface area contributed by atoms with Gasteiger partial charge in [-0.3, -0.25) is 0 Å². The first-order valence-electron chi connectivity index (χ1n) is 7.00. The second kappa shape index (κ2) is 8.35. The molecule has 6 heteroatoms. The van der Waals surface area contributed by atoms with E-state index < -0.39 is 6.10 Å². The highest BCUT2D eigenvalue weighted by atomic mass is 79.9. The SMILES string of the molecule is N#Cc1cc(Br)ccc1NCC(O)COCC1CCCO1. The number of nitrogens with one attached hydrogen (secondary N) is 1. The highest BCUT2D eigenvalue weighted by molar-refractivity contribution is 9.10. The topological polar surface area (TPSA) is 74.5 Å². The molecule has 1 fully saturated rings. The predicted molar refractivity (Wildman–Crippen MR) is 83.1 cm³/mol. The summed E-state index contributed by atoms with van der Waals surface area (Å²) < 4.78 is 11.8. The Kier molecular flexibility index (Phi) is 6.46. The van der Waals surface area contributed by atoms with Crippen LogP contribution in [0.4, 0.5) is 5.69 Å². The Balaban J connectivity index is 1.71. The Hall–Kier alpha value is -1.13. The molecule has 2 N–H and O–H groups in total. The summed E-state index contributed by atoms with van der Waals surface area (Å²) in [6.07, 6.45) is 1.65. The summed E-state index contributed by atoms with van der Waals surface area (Å²) in [4.78, 5) is 0. The fourth-order valence-electron chi connectivity index (χ4n) is 2.16. The monoisotopic (exact) mass is 354 g/mol. The lowest BCUT2D eigenvalue weighted by atomic mass is 10.2. The Morgan fingerprint density at radius 1 is 1.57 bits per heavy atom. The first kappa shape index (κ1) is 16.2. The number of halogens is 1. The minimum atomic E-state index is -0.624. The molecule has 1 aromatic carbocycles. The fraction of sp³-hybridized carbons (Fsp3) is 0.533. The fourth-order valence-corrected chi connectivity index (χ4v) is 2.52. The van der Waals surface area contributed by atoms with Gasteiger partial charge in [0.1, 0.15) is 6.07 Å². The summed E-state index contributed by atoms with van der Waals surface area (Å²) in [5, 5.41) is 22.0. The number of rotatable bonds is 7. The molecule has 0 spiro atoms. The molecule has 0 saturated carbocycles. The van der Waals surface area contributed by atoms with Crippen LogP contribution >= 0.6 is 15.9 Å². The Labute approximate surface area is 133 Å². The normalized spacial score (nSPS) is 19.2. The van der Waals surface area contributed by atoms with Gasteiger partial charge in [-0.2, -0.15) is 5.26 Å². The molecular weight excluding hydrogens is 336 g/mol. The van der Waals surface area contributed by atoms with E-state index >= 15 is 0 Å². The lowest BCUT2D eigenvalue weighted by molar-refractivity contribution is -0.0137. The molecule has 0 amide bonds. The predicted octanol–water partition coefficient (Wildman–Crippen LogP) is 2.29. The van der Waals surface area contributed by atoms with Crippen LogP contribution in [0.15, 0.2) is 22.7 Å². The Bertz CT molecular complexity index is 498. The number of hydrogen-bond donors (Lipinski definition) is 2. The van der Waals surface area contributed by atoms with Crippen LogP contribution in [0.2, 0.25) is 0 Å². The van der Waals surface area contributed by atoms with Crippen LogP contribution in [-0.2, 0) is 9.47 Å². The zero-order valence-corrected chi connectivity index (χ0v) is 13.3. The minimum absolute atomic E-state index is 0.168. The molecule has 2 unspecified atom stereocenters. The average molecular weight is 355 g/mol. The molecule has 114 valence electrons. The number of hydrogen-bond acceptors (Lipinski definition) is 5. The molecule has 1 aliphatic rings. The standard InChI is InChI=1S/C15H19BrN2O3/c16-12-3-4-15(11(6-12)7-17)18-8-13(19)9-20-10-14-2-1-5-21-14/h3-4,6,13-14,18-19H,1-2,5,8-10H2. The molecule has 0 aliphatic carbocycles. The molecule has 1 saturated heterocycles. The van der Waals surface area contributed by atoms with E-state index in [4.69, 9.17) is 14.7 Å². The van der Waals surface area contributed by atoms with Crippen LogP contribution in [0.25, 0.3) is 0 Å². The van der Waals surface area contributed by atoms with E-state index in [-0.39, 0.29) is 12.7 Å². The third-order valence-corrected chi connectivity index (χ3v) is 3.76. The van der Waals surface area contributed by atoms with Gasteiger partial charge in [0.25, 0.3) is 0 Å². The number of ether oxygens (including phenoxy) is 2. The van der Waals surface area contributed by atoms with Crippen LogP contribution in [0.5, 0.6) is 0 Å². The van der Waals surface area contributed by atoms with E-state index in [1.807, 2.05) is 12.1 Å². The smallest absolute Gasteiger partial charge is 0.101 e. The second-order valence-corrected chi connectivity index (χ2v) is 5.92. The second-order valence-electron chi connectivity index (χ2n) is 5.01. The highest BCUT2D eigenvalue weighted by Crippen LogP contribution is 2.20. The molecule has 0 bridgehead atoms. The molecule has 1 heterocycles. The van der Waals surface area contributed by atoms with Crippen LogP contribution in [0.1, 0.15) is 18.4 Å². The summed E-state index contributed by atoms with van der Waals surface area (Å²) in [6.45, 7) is 1.92. The van der Waals surface area contributed by atoms with Gasteiger partial charge < -0.3 is 19.9 Å². The van der Waals surface area contributed by atoms with Gasteiger partial charge in [0.15, 0.2) is 0 Å².